The van der Waals surface area contributed by atoms with E-state index in [2.05, 4.69) is 10.4 Å². The van der Waals surface area contributed by atoms with Gasteiger partial charge in [-0.25, -0.2) is 0 Å². The monoisotopic (exact) mass is 353 g/mol. The van der Waals surface area contributed by atoms with E-state index >= 15 is 0 Å². The third-order valence-electron chi connectivity index (χ3n) is 3.84. The highest BCUT2D eigenvalue weighted by Crippen LogP contribution is 2.28. The van der Waals surface area contributed by atoms with Crippen LogP contribution < -0.4 is 5.32 Å². The maximum atomic E-state index is 12.2. The van der Waals surface area contributed by atoms with Crippen LogP contribution in [0, 0.1) is 0 Å². The first-order valence-corrected chi connectivity index (χ1v) is 8.19. The predicted molar refractivity (Wildman–Crippen MR) is 90.0 cm³/mol. The van der Waals surface area contributed by atoms with Crippen LogP contribution in [0.3, 0.4) is 0 Å². The summed E-state index contributed by atoms with van der Waals surface area (Å²) in [6, 6.07) is 7.07. The Labute approximate surface area is 144 Å². The van der Waals surface area contributed by atoms with Crippen molar-refractivity contribution >= 4 is 29.1 Å². The molecule has 1 aromatic carbocycles. The molecule has 1 aromatic heterocycles. The largest absolute Gasteiger partial charge is 0.376 e. The lowest BCUT2D eigenvalue weighted by molar-refractivity contribution is 0.0853. The molecule has 2 heterocycles. The van der Waals surface area contributed by atoms with Crippen molar-refractivity contribution in [1.29, 1.82) is 0 Å². The van der Waals surface area contributed by atoms with Crippen LogP contribution in [0.2, 0.25) is 10.0 Å². The first-order chi connectivity index (χ1) is 11.0. The van der Waals surface area contributed by atoms with Gasteiger partial charge in [0, 0.05) is 25.8 Å². The van der Waals surface area contributed by atoms with E-state index in [0.717, 1.165) is 30.7 Å². The molecule has 1 fully saturated rings. The second kappa shape index (κ2) is 6.91. The number of ether oxygens (including phenoxy) is 1. The fourth-order valence-corrected chi connectivity index (χ4v) is 2.90. The average molecular weight is 354 g/mol. The van der Waals surface area contributed by atoms with Gasteiger partial charge in [-0.1, -0.05) is 29.3 Å². The molecule has 1 aliphatic rings. The molecule has 1 unspecified atom stereocenters. The molecular formula is C16H17Cl2N3O2. The molecular weight excluding hydrogens is 337 g/mol. The van der Waals surface area contributed by atoms with E-state index in [0.29, 0.717) is 22.3 Å². The Bertz CT molecular complexity index is 724. The SMILES string of the molecule is Cn1nc(C(=O)NCC2CCCO2)cc1-c1ccc(Cl)c(Cl)c1. The van der Waals surface area contributed by atoms with Crippen LogP contribution in [-0.4, -0.2) is 34.9 Å². The average Bonchev–Trinajstić information content (AvgIpc) is 3.17. The third kappa shape index (κ3) is 3.68. The predicted octanol–water partition coefficient (Wildman–Crippen LogP) is 3.30. The van der Waals surface area contributed by atoms with Gasteiger partial charge in [0.15, 0.2) is 5.69 Å². The van der Waals surface area contributed by atoms with Gasteiger partial charge >= 0.3 is 0 Å². The molecule has 122 valence electrons. The number of benzene rings is 1. The number of aryl methyl sites for hydroxylation is 1. The molecule has 0 radical (unpaired) electrons. The molecule has 1 amide bonds. The summed E-state index contributed by atoms with van der Waals surface area (Å²) in [5, 5.41) is 8.10. The number of halogens is 2. The molecule has 5 nitrogen and oxygen atoms in total. The summed E-state index contributed by atoms with van der Waals surface area (Å²) in [6.45, 7) is 1.28. The minimum Gasteiger partial charge on any atom is -0.376 e. The van der Waals surface area contributed by atoms with Crippen molar-refractivity contribution < 1.29 is 9.53 Å². The zero-order chi connectivity index (χ0) is 16.4. The Kier molecular flexibility index (Phi) is 4.90. The van der Waals surface area contributed by atoms with Crippen LogP contribution in [-0.2, 0) is 11.8 Å². The van der Waals surface area contributed by atoms with E-state index in [1.807, 2.05) is 6.07 Å². The summed E-state index contributed by atoms with van der Waals surface area (Å²) >= 11 is 12.0. The number of amides is 1. The van der Waals surface area contributed by atoms with Crippen LogP contribution in [0.25, 0.3) is 11.3 Å². The minimum absolute atomic E-state index is 0.109. The van der Waals surface area contributed by atoms with Gasteiger partial charge in [0.1, 0.15) is 0 Å². The summed E-state index contributed by atoms with van der Waals surface area (Å²) in [4.78, 5) is 12.2. The van der Waals surface area contributed by atoms with Crippen molar-refractivity contribution in [2.75, 3.05) is 13.2 Å². The topological polar surface area (TPSA) is 56.2 Å². The molecule has 3 rings (SSSR count). The van der Waals surface area contributed by atoms with Crippen LogP contribution in [0.1, 0.15) is 23.3 Å². The van der Waals surface area contributed by atoms with Crippen molar-refractivity contribution in [3.05, 3.63) is 40.0 Å². The lowest BCUT2D eigenvalue weighted by atomic mass is 10.1. The molecule has 0 aliphatic carbocycles. The van der Waals surface area contributed by atoms with Crippen molar-refractivity contribution in [1.82, 2.24) is 15.1 Å². The quantitative estimate of drug-likeness (QED) is 0.917. The summed E-state index contributed by atoms with van der Waals surface area (Å²) in [5.74, 6) is -0.206. The lowest BCUT2D eigenvalue weighted by Gasteiger charge is -2.09. The van der Waals surface area contributed by atoms with Crippen molar-refractivity contribution in [2.24, 2.45) is 7.05 Å². The number of nitrogens with zero attached hydrogens (tertiary/aromatic N) is 2. The zero-order valence-corrected chi connectivity index (χ0v) is 14.2. The molecule has 7 heteroatoms. The van der Waals surface area contributed by atoms with Crippen LogP contribution in [0.15, 0.2) is 24.3 Å². The van der Waals surface area contributed by atoms with E-state index in [9.17, 15) is 4.79 Å². The number of aromatic nitrogens is 2. The van der Waals surface area contributed by atoms with Gasteiger partial charge < -0.3 is 10.1 Å². The van der Waals surface area contributed by atoms with E-state index in [-0.39, 0.29) is 12.0 Å². The first-order valence-electron chi connectivity index (χ1n) is 7.44. The summed E-state index contributed by atoms with van der Waals surface area (Å²) < 4.78 is 7.15. The smallest absolute Gasteiger partial charge is 0.271 e. The molecule has 1 saturated heterocycles. The highest BCUT2D eigenvalue weighted by Gasteiger charge is 2.19. The zero-order valence-electron chi connectivity index (χ0n) is 12.7. The van der Waals surface area contributed by atoms with Crippen molar-refractivity contribution in [3.8, 4) is 11.3 Å². The standard InChI is InChI=1S/C16H17Cl2N3O2/c1-21-15(10-4-5-12(17)13(18)7-10)8-14(20-21)16(22)19-9-11-3-2-6-23-11/h4-5,7-8,11H,2-3,6,9H2,1H3,(H,19,22). The molecule has 0 bridgehead atoms. The fraction of sp³-hybridized carbons (Fsp3) is 0.375. The maximum absolute atomic E-state index is 12.2. The molecule has 2 aromatic rings. The number of carbonyl (C=O) groups is 1. The molecule has 23 heavy (non-hydrogen) atoms. The molecule has 0 saturated carbocycles. The lowest BCUT2D eigenvalue weighted by Crippen LogP contribution is -2.32. The van der Waals surface area contributed by atoms with Gasteiger partial charge in [0.2, 0.25) is 0 Å². The molecule has 1 atom stereocenters. The third-order valence-corrected chi connectivity index (χ3v) is 4.58. The van der Waals surface area contributed by atoms with Gasteiger partial charge in [-0.3, -0.25) is 9.48 Å². The normalized spacial score (nSPS) is 17.4. The van der Waals surface area contributed by atoms with Gasteiger partial charge in [-0.2, -0.15) is 5.10 Å². The van der Waals surface area contributed by atoms with Crippen molar-refractivity contribution in [3.63, 3.8) is 0 Å². The van der Waals surface area contributed by atoms with Gasteiger partial charge in [-0.05, 0) is 31.0 Å². The van der Waals surface area contributed by atoms with E-state index < -0.39 is 0 Å². The number of rotatable bonds is 4. The number of nitrogens with one attached hydrogen (secondary N) is 1. The summed E-state index contributed by atoms with van der Waals surface area (Å²) in [7, 11) is 1.79. The van der Waals surface area contributed by atoms with Gasteiger partial charge in [0.05, 0.1) is 21.8 Å². The van der Waals surface area contributed by atoms with Crippen LogP contribution >= 0.6 is 23.2 Å². The summed E-state index contributed by atoms with van der Waals surface area (Å²) in [5.41, 5.74) is 2.02. The Morgan fingerprint density at radius 1 is 1.39 bits per heavy atom. The fourth-order valence-electron chi connectivity index (χ4n) is 2.61. The number of hydrogen-bond donors (Lipinski definition) is 1. The molecule has 1 N–H and O–H groups in total. The van der Waals surface area contributed by atoms with Crippen LogP contribution in [0.4, 0.5) is 0 Å². The highest BCUT2D eigenvalue weighted by atomic mass is 35.5. The number of carbonyl (C=O) groups excluding carboxylic acids is 1. The number of hydrogen-bond acceptors (Lipinski definition) is 3. The highest BCUT2D eigenvalue weighted by molar-refractivity contribution is 6.42. The van der Waals surface area contributed by atoms with E-state index in [1.165, 1.54) is 0 Å². The van der Waals surface area contributed by atoms with E-state index in [4.69, 9.17) is 27.9 Å². The Morgan fingerprint density at radius 3 is 2.91 bits per heavy atom. The minimum atomic E-state index is -0.206. The Morgan fingerprint density at radius 2 is 2.22 bits per heavy atom. The van der Waals surface area contributed by atoms with E-state index in [1.54, 1.807) is 29.9 Å². The summed E-state index contributed by atoms with van der Waals surface area (Å²) in [6.07, 6.45) is 2.14. The molecule has 1 aliphatic heterocycles. The van der Waals surface area contributed by atoms with Gasteiger partial charge in [0.25, 0.3) is 5.91 Å². The molecule has 0 spiro atoms. The Balaban J connectivity index is 1.74. The first kappa shape index (κ1) is 16.3. The van der Waals surface area contributed by atoms with Gasteiger partial charge in [-0.15, -0.1) is 0 Å². The van der Waals surface area contributed by atoms with Crippen LogP contribution in [0.5, 0.6) is 0 Å². The second-order valence-electron chi connectivity index (χ2n) is 5.51. The second-order valence-corrected chi connectivity index (χ2v) is 6.33. The Hall–Kier alpha value is -1.56. The van der Waals surface area contributed by atoms with Crippen molar-refractivity contribution in [2.45, 2.75) is 18.9 Å². The maximum Gasteiger partial charge on any atom is 0.271 e.